The van der Waals surface area contributed by atoms with E-state index in [4.69, 9.17) is 16.6 Å². The first-order valence-electron chi connectivity index (χ1n) is 11.2. The van der Waals surface area contributed by atoms with E-state index < -0.39 is 0 Å². The Kier molecular flexibility index (Phi) is 6.68. The van der Waals surface area contributed by atoms with Crippen LogP contribution in [0.2, 0.25) is 5.02 Å². The third kappa shape index (κ3) is 5.70. The molecule has 2 heterocycles. The van der Waals surface area contributed by atoms with Gasteiger partial charge < -0.3 is 10.2 Å². The lowest BCUT2D eigenvalue weighted by Gasteiger charge is -2.35. The van der Waals surface area contributed by atoms with Gasteiger partial charge in [-0.05, 0) is 45.0 Å². The van der Waals surface area contributed by atoms with Crippen LogP contribution in [0.4, 0.5) is 0 Å². The van der Waals surface area contributed by atoms with Gasteiger partial charge in [-0.1, -0.05) is 41.9 Å². The molecule has 1 aliphatic heterocycles. The molecule has 172 valence electrons. The van der Waals surface area contributed by atoms with E-state index in [1.54, 1.807) is 0 Å². The van der Waals surface area contributed by atoms with Crippen LogP contribution in [0.25, 0.3) is 22.2 Å². The number of carbonyl (C=O) groups is 2. The maximum atomic E-state index is 13.5. The molecule has 0 aliphatic carbocycles. The van der Waals surface area contributed by atoms with Gasteiger partial charge in [0.25, 0.3) is 5.91 Å². The van der Waals surface area contributed by atoms with E-state index >= 15 is 0 Å². The minimum atomic E-state index is -0.251. The van der Waals surface area contributed by atoms with Crippen LogP contribution in [0.3, 0.4) is 0 Å². The molecule has 1 aliphatic rings. The van der Waals surface area contributed by atoms with E-state index in [9.17, 15) is 9.59 Å². The number of pyridine rings is 1. The minimum Gasteiger partial charge on any atom is -0.350 e. The molecule has 1 N–H and O–H groups in total. The Morgan fingerprint density at radius 2 is 1.67 bits per heavy atom. The van der Waals surface area contributed by atoms with Crippen molar-refractivity contribution in [3.63, 3.8) is 0 Å². The summed E-state index contributed by atoms with van der Waals surface area (Å²) < 4.78 is 0. The van der Waals surface area contributed by atoms with Gasteiger partial charge in [-0.2, -0.15) is 0 Å². The van der Waals surface area contributed by atoms with E-state index in [0.29, 0.717) is 43.3 Å². The second kappa shape index (κ2) is 9.49. The summed E-state index contributed by atoms with van der Waals surface area (Å²) in [6.45, 7) is 8.74. The summed E-state index contributed by atoms with van der Waals surface area (Å²) in [5, 5.41) is 4.49. The van der Waals surface area contributed by atoms with Crippen molar-refractivity contribution < 1.29 is 9.59 Å². The fourth-order valence-corrected chi connectivity index (χ4v) is 4.19. The van der Waals surface area contributed by atoms with Crippen LogP contribution in [-0.2, 0) is 4.79 Å². The Labute approximate surface area is 199 Å². The molecule has 3 aromatic rings. The molecular weight excluding hydrogens is 436 g/mol. The zero-order chi connectivity index (χ0) is 23.6. The zero-order valence-corrected chi connectivity index (χ0v) is 20.0. The minimum absolute atomic E-state index is 0.00927. The third-order valence-electron chi connectivity index (χ3n) is 5.63. The number of amides is 2. The average molecular weight is 465 g/mol. The number of nitrogens with one attached hydrogen (secondary N) is 1. The Morgan fingerprint density at radius 1 is 1.00 bits per heavy atom. The molecule has 1 saturated heterocycles. The summed E-state index contributed by atoms with van der Waals surface area (Å²) in [6, 6.07) is 17.1. The molecule has 1 aromatic heterocycles. The number of benzene rings is 2. The highest BCUT2D eigenvalue weighted by Gasteiger charge is 2.26. The van der Waals surface area contributed by atoms with E-state index in [2.05, 4.69) is 10.2 Å². The van der Waals surface area contributed by atoms with Gasteiger partial charge in [-0.3, -0.25) is 14.5 Å². The van der Waals surface area contributed by atoms with Gasteiger partial charge in [0.05, 0.1) is 23.3 Å². The molecule has 0 radical (unpaired) electrons. The molecule has 33 heavy (non-hydrogen) atoms. The molecule has 7 heteroatoms. The lowest BCUT2D eigenvalue weighted by molar-refractivity contribution is -0.124. The molecule has 0 bridgehead atoms. The smallest absolute Gasteiger partial charge is 0.254 e. The quantitative estimate of drug-likeness (QED) is 0.627. The number of hydrogen-bond donors (Lipinski definition) is 1. The monoisotopic (exact) mass is 464 g/mol. The Hall–Kier alpha value is -2.96. The van der Waals surface area contributed by atoms with Gasteiger partial charge >= 0.3 is 0 Å². The van der Waals surface area contributed by atoms with Crippen LogP contribution in [0, 0.1) is 0 Å². The number of fused-ring (bicyclic) bond motifs is 1. The van der Waals surface area contributed by atoms with Crippen molar-refractivity contribution in [1.29, 1.82) is 0 Å². The number of para-hydroxylation sites is 1. The third-order valence-corrected chi connectivity index (χ3v) is 5.88. The van der Waals surface area contributed by atoms with Crippen molar-refractivity contribution >= 4 is 34.3 Å². The highest BCUT2D eigenvalue weighted by atomic mass is 35.5. The zero-order valence-electron chi connectivity index (χ0n) is 19.3. The number of hydrogen-bond acceptors (Lipinski definition) is 4. The van der Waals surface area contributed by atoms with Crippen molar-refractivity contribution in [3.05, 3.63) is 65.2 Å². The Morgan fingerprint density at radius 3 is 2.33 bits per heavy atom. The fourth-order valence-electron chi connectivity index (χ4n) is 4.06. The maximum absolute atomic E-state index is 13.5. The van der Waals surface area contributed by atoms with Gasteiger partial charge in [0.1, 0.15) is 0 Å². The molecular formula is C26H29ClN4O2. The summed E-state index contributed by atoms with van der Waals surface area (Å²) in [7, 11) is 0. The number of halogens is 1. The standard InChI is InChI=1S/C26H29ClN4O2/c1-26(2,3)29-24(32)17-30-12-14-31(15-13-30)25(33)21-16-23(18-8-10-19(27)11-9-18)28-22-7-5-4-6-20(21)22/h4-11,16H,12-15,17H2,1-3H3,(H,29,32). The van der Waals surface area contributed by atoms with Gasteiger partial charge in [0.2, 0.25) is 5.91 Å². The molecule has 2 aromatic carbocycles. The van der Waals surface area contributed by atoms with Crippen LogP contribution >= 0.6 is 11.6 Å². The molecule has 4 rings (SSSR count). The van der Waals surface area contributed by atoms with Crippen molar-refractivity contribution in [3.8, 4) is 11.3 Å². The number of aromatic nitrogens is 1. The van der Waals surface area contributed by atoms with Crippen molar-refractivity contribution in [2.24, 2.45) is 0 Å². The number of piperazine rings is 1. The number of carbonyl (C=O) groups excluding carboxylic acids is 2. The van der Waals surface area contributed by atoms with Crippen LogP contribution in [-0.4, -0.2) is 64.9 Å². The van der Waals surface area contributed by atoms with E-state index in [1.807, 2.05) is 80.3 Å². The highest BCUT2D eigenvalue weighted by Crippen LogP contribution is 2.27. The Balaban J connectivity index is 1.52. The first kappa shape index (κ1) is 23.2. The van der Waals surface area contributed by atoms with Crippen LogP contribution in [0.15, 0.2) is 54.6 Å². The van der Waals surface area contributed by atoms with Crippen molar-refractivity contribution in [2.75, 3.05) is 32.7 Å². The molecule has 0 atom stereocenters. The van der Waals surface area contributed by atoms with E-state index in [-0.39, 0.29) is 17.4 Å². The summed E-state index contributed by atoms with van der Waals surface area (Å²) in [4.78, 5) is 34.5. The number of nitrogens with zero attached hydrogens (tertiary/aromatic N) is 3. The highest BCUT2D eigenvalue weighted by molar-refractivity contribution is 6.30. The van der Waals surface area contributed by atoms with Crippen LogP contribution < -0.4 is 5.32 Å². The predicted octanol–water partition coefficient (Wildman–Crippen LogP) is 4.23. The van der Waals surface area contributed by atoms with Gasteiger partial charge in [0, 0.05) is 47.7 Å². The van der Waals surface area contributed by atoms with Gasteiger partial charge in [-0.15, -0.1) is 0 Å². The summed E-state index contributed by atoms with van der Waals surface area (Å²) >= 11 is 6.04. The van der Waals surface area contributed by atoms with Gasteiger partial charge in [0.15, 0.2) is 0 Å². The van der Waals surface area contributed by atoms with E-state index in [0.717, 1.165) is 22.2 Å². The molecule has 2 amide bonds. The largest absolute Gasteiger partial charge is 0.350 e. The van der Waals surface area contributed by atoms with Crippen LogP contribution in [0.1, 0.15) is 31.1 Å². The first-order valence-corrected chi connectivity index (χ1v) is 11.6. The second-order valence-electron chi connectivity index (χ2n) is 9.45. The van der Waals surface area contributed by atoms with Crippen molar-refractivity contribution in [1.82, 2.24) is 20.1 Å². The molecule has 0 spiro atoms. The maximum Gasteiger partial charge on any atom is 0.254 e. The topological polar surface area (TPSA) is 65.5 Å². The summed E-state index contributed by atoms with van der Waals surface area (Å²) in [6.07, 6.45) is 0. The summed E-state index contributed by atoms with van der Waals surface area (Å²) in [5.74, 6) is -0.00221. The molecule has 0 unspecified atom stereocenters. The van der Waals surface area contributed by atoms with Crippen LogP contribution in [0.5, 0.6) is 0 Å². The number of rotatable bonds is 4. The lowest BCUT2D eigenvalue weighted by atomic mass is 10.0. The molecule has 6 nitrogen and oxygen atoms in total. The fraction of sp³-hybridized carbons (Fsp3) is 0.346. The Bertz CT molecular complexity index is 1160. The predicted molar refractivity (Wildman–Crippen MR) is 132 cm³/mol. The molecule has 1 fully saturated rings. The second-order valence-corrected chi connectivity index (χ2v) is 9.88. The van der Waals surface area contributed by atoms with Crippen molar-refractivity contribution in [2.45, 2.75) is 26.3 Å². The normalized spacial score (nSPS) is 15.0. The lowest BCUT2D eigenvalue weighted by Crippen LogP contribution is -2.52. The van der Waals surface area contributed by atoms with Gasteiger partial charge in [-0.25, -0.2) is 4.98 Å². The first-order chi connectivity index (χ1) is 15.7. The molecule has 0 saturated carbocycles. The average Bonchev–Trinajstić information content (AvgIpc) is 2.77. The van der Waals surface area contributed by atoms with E-state index in [1.165, 1.54) is 0 Å². The summed E-state index contributed by atoms with van der Waals surface area (Å²) in [5.41, 5.74) is 2.83. The SMILES string of the molecule is CC(C)(C)NC(=O)CN1CCN(C(=O)c2cc(-c3ccc(Cl)cc3)nc3ccccc23)CC1.